The Labute approximate surface area is 130 Å². The molecule has 0 saturated carbocycles. The van der Waals surface area contributed by atoms with Crippen LogP contribution in [0.1, 0.15) is 24.7 Å². The lowest BCUT2D eigenvalue weighted by atomic mass is 10.0. The lowest BCUT2D eigenvalue weighted by Gasteiger charge is -2.27. The van der Waals surface area contributed by atoms with E-state index in [-0.39, 0.29) is 0 Å². The van der Waals surface area contributed by atoms with E-state index in [1.54, 1.807) is 37.5 Å². The summed E-state index contributed by atoms with van der Waals surface area (Å²) in [5.74, 6) is 0. The van der Waals surface area contributed by atoms with Crippen molar-refractivity contribution in [1.82, 2.24) is 8.96 Å². The van der Waals surface area contributed by atoms with Crippen molar-refractivity contribution in [3.8, 4) is 0 Å². The van der Waals surface area contributed by atoms with Crippen LogP contribution in [0.15, 0.2) is 67.0 Å². The van der Waals surface area contributed by atoms with Gasteiger partial charge in [-0.05, 0) is 37.6 Å². The molecular weight excluding hydrogens is 296 g/mol. The number of hydrogen-bond acceptors (Lipinski definition) is 3. The molecule has 0 radical (unpaired) electrons. The molecule has 0 amide bonds. The van der Waals surface area contributed by atoms with Crippen LogP contribution in [0, 0.1) is 0 Å². The summed E-state index contributed by atoms with van der Waals surface area (Å²) in [6, 6.07) is 9.24. The zero-order chi connectivity index (χ0) is 15.6. The molecule has 2 aromatic heterocycles. The van der Waals surface area contributed by atoms with E-state index in [0.29, 0.717) is 12.8 Å². The summed E-state index contributed by atoms with van der Waals surface area (Å²) >= 11 is 0. The van der Waals surface area contributed by atoms with Gasteiger partial charge < -0.3 is 0 Å². The van der Waals surface area contributed by atoms with E-state index in [2.05, 4.69) is 4.98 Å². The molecule has 5 heteroatoms. The predicted octanol–water partition coefficient (Wildman–Crippen LogP) is 2.93. The summed E-state index contributed by atoms with van der Waals surface area (Å²) in [4.78, 5) is 4.27. The average molecular weight is 314 g/mol. The summed E-state index contributed by atoms with van der Waals surface area (Å²) in [5, 5.41) is 0. The second-order valence-corrected chi connectivity index (χ2v) is 7.88. The van der Waals surface area contributed by atoms with Crippen LogP contribution in [-0.4, -0.2) is 22.1 Å². The standard InChI is InChI=1S/C17H18N2O2S/c1-17(10-4-2-5-11-17)22(20,21)19-13-7-9-16(19)14-15-8-3-6-12-18-15/h2-10,12-13H,11,14H2,1H3. The molecule has 0 fully saturated rings. The van der Waals surface area contributed by atoms with Crippen molar-refractivity contribution in [1.29, 1.82) is 0 Å². The predicted molar refractivity (Wildman–Crippen MR) is 87.1 cm³/mol. The summed E-state index contributed by atoms with van der Waals surface area (Å²) in [6.45, 7) is 1.76. The molecule has 1 unspecified atom stereocenters. The van der Waals surface area contributed by atoms with Crippen molar-refractivity contribution >= 4 is 10.0 Å². The minimum absolute atomic E-state index is 0.479. The number of aromatic nitrogens is 2. The number of allylic oxidation sites excluding steroid dienone is 3. The van der Waals surface area contributed by atoms with Gasteiger partial charge in [0.2, 0.25) is 10.0 Å². The van der Waals surface area contributed by atoms with Gasteiger partial charge in [0, 0.05) is 30.2 Å². The molecule has 1 aliphatic carbocycles. The van der Waals surface area contributed by atoms with Crippen LogP contribution in [0.4, 0.5) is 0 Å². The Morgan fingerprint density at radius 2 is 2.09 bits per heavy atom. The van der Waals surface area contributed by atoms with Gasteiger partial charge in [-0.25, -0.2) is 12.4 Å². The molecule has 0 saturated heterocycles. The molecule has 0 N–H and O–H groups in total. The first-order valence-corrected chi connectivity index (χ1v) is 8.63. The molecular formula is C17H18N2O2S. The normalized spacial score (nSPS) is 21.1. The smallest absolute Gasteiger partial charge is 0.248 e. The van der Waals surface area contributed by atoms with Crippen molar-refractivity contribution in [3.05, 3.63) is 78.4 Å². The number of rotatable bonds is 4. The molecule has 22 heavy (non-hydrogen) atoms. The van der Waals surface area contributed by atoms with E-state index >= 15 is 0 Å². The molecule has 0 bridgehead atoms. The molecule has 1 atom stereocenters. The lowest BCUT2D eigenvalue weighted by molar-refractivity contribution is 0.551. The number of nitrogens with zero attached hydrogens (tertiary/aromatic N) is 2. The van der Waals surface area contributed by atoms with Crippen LogP contribution in [0.25, 0.3) is 0 Å². The third-order valence-corrected chi connectivity index (χ3v) is 6.30. The highest BCUT2D eigenvalue weighted by Crippen LogP contribution is 2.30. The highest BCUT2D eigenvalue weighted by Gasteiger charge is 2.38. The first-order valence-electron chi connectivity index (χ1n) is 7.19. The topological polar surface area (TPSA) is 52.0 Å². The van der Waals surface area contributed by atoms with Gasteiger partial charge in [0.25, 0.3) is 0 Å². The number of pyridine rings is 1. The van der Waals surface area contributed by atoms with E-state index in [1.807, 2.05) is 36.4 Å². The van der Waals surface area contributed by atoms with Gasteiger partial charge >= 0.3 is 0 Å². The second-order valence-electron chi connectivity index (χ2n) is 5.60. The van der Waals surface area contributed by atoms with E-state index < -0.39 is 14.8 Å². The molecule has 0 aliphatic heterocycles. The van der Waals surface area contributed by atoms with Crippen LogP contribution in [0.5, 0.6) is 0 Å². The minimum Gasteiger partial charge on any atom is -0.261 e. The molecule has 4 nitrogen and oxygen atoms in total. The Kier molecular flexibility index (Phi) is 3.74. The molecule has 2 heterocycles. The van der Waals surface area contributed by atoms with Crippen LogP contribution >= 0.6 is 0 Å². The average Bonchev–Trinajstić information content (AvgIpc) is 2.98. The van der Waals surface area contributed by atoms with Gasteiger partial charge in [0.05, 0.1) is 0 Å². The van der Waals surface area contributed by atoms with Crippen LogP contribution < -0.4 is 0 Å². The second kappa shape index (κ2) is 5.57. The molecule has 0 spiro atoms. The van der Waals surface area contributed by atoms with E-state index in [1.165, 1.54) is 3.97 Å². The third-order valence-electron chi connectivity index (χ3n) is 3.95. The minimum atomic E-state index is -3.52. The molecule has 114 valence electrons. The Hall–Kier alpha value is -2.14. The Morgan fingerprint density at radius 1 is 1.23 bits per heavy atom. The fourth-order valence-electron chi connectivity index (χ4n) is 2.58. The fourth-order valence-corrected chi connectivity index (χ4v) is 4.26. The first kappa shape index (κ1) is 14.8. The third kappa shape index (κ3) is 2.52. The molecule has 2 aromatic rings. The summed E-state index contributed by atoms with van der Waals surface area (Å²) < 4.78 is 26.6. The molecule has 0 aromatic carbocycles. The highest BCUT2D eigenvalue weighted by atomic mass is 32.2. The molecule has 3 rings (SSSR count). The SMILES string of the molecule is CC1(S(=O)(=O)n2cccc2Cc2ccccn2)C=CC=CC1. The van der Waals surface area contributed by atoms with Gasteiger partial charge in [0.1, 0.15) is 4.75 Å². The van der Waals surface area contributed by atoms with Crippen LogP contribution in [0.3, 0.4) is 0 Å². The maximum absolute atomic E-state index is 13.0. The van der Waals surface area contributed by atoms with Crippen molar-refractivity contribution in [2.45, 2.75) is 24.5 Å². The van der Waals surface area contributed by atoms with Gasteiger partial charge in [-0.1, -0.05) is 30.4 Å². The van der Waals surface area contributed by atoms with Gasteiger partial charge in [-0.2, -0.15) is 0 Å². The van der Waals surface area contributed by atoms with Crippen molar-refractivity contribution < 1.29 is 8.42 Å². The van der Waals surface area contributed by atoms with Crippen LogP contribution in [0.2, 0.25) is 0 Å². The van der Waals surface area contributed by atoms with Crippen LogP contribution in [-0.2, 0) is 16.4 Å². The first-order chi connectivity index (χ1) is 10.5. The molecule has 1 aliphatic rings. The van der Waals surface area contributed by atoms with Crippen molar-refractivity contribution in [3.63, 3.8) is 0 Å². The van der Waals surface area contributed by atoms with Gasteiger partial charge in [0.15, 0.2) is 0 Å². The van der Waals surface area contributed by atoms with Gasteiger partial charge in [-0.3, -0.25) is 4.98 Å². The maximum Gasteiger partial charge on any atom is 0.248 e. The largest absolute Gasteiger partial charge is 0.261 e. The quantitative estimate of drug-likeness (QED) is 0.872. The maximum atomic E-state index is 13.0. The van der Waals surface area contributed by atoms with E-state index in [0.717, 1.165) is 11.4 Å². The number of hydrogen-bond donors (Lipinski definition) is 0. The fraction of sp³-hybridized carbons (Fsp3) is 0.235. The summed E-state index contributed by atoms with van der Waals surface area (Å²) in [5.41, 5.74) is 1.57. The Bertz CT molecular complexity index is 819. The van der Waals surface area contributed by atoms with Gasteiger partial charge in [-0.15, -0.1) is 0 Å². The van der Waals surface area contributed by atoms with E-state index in [4.69, 9.17) is 0 Å². The monoisotopic (exact) mass is 314 g/mol. The Morgan fingerprint density at radius 3 is 2.77 bits per heavy atom. The Balaban J connectivity index is 1.98. The van der Waals surface area contributed by atoms with Crippen molar-refractivity contribution in [2.24, 2.45) is 0 Å². The summed E-state index contributed by atoms with van der Waals surface area (Å²) in [7, 11) is -3.52. The zero-order valence-corrected chi connectivity index (χ0v) is 13.2. The highest BCUT2D eigenvalue weighted by molar-refractivity contribution is 7.91. The zero-order valence-electron chi connectivity index (χ0n) is 12.4. The van der Waals surface area contributed by atoms with Crippen molar-refractivity contribution in [2.75, 3.05) is 0 Å². The summed E-state index contributed by atoms with van der Waals surface area (Å²) in [6.07, 6.45) is 11.6. The van der Waals surface area contributed by atoms with E-state index in [9.17, 15) is 8.42 Å². The lowest BCUT2D eigenvalue weighted by Crippen LogP contribution is -2.38.